The second-order valence-corrected chi connectivity index (χ2v) is 8.90. The molecular weight excluding hydrogens is 335 g/mol. The molecule has 3 nitrogen and oxygen atoms in total. The van der Waals surface area contributed by atoms with Crippen molar-refractivity contribution in [2.45, 2.75) is 30.9 Å². The van der Waals surface area contributed by atoms with Crippen molar-refractivity contribution in [1.82, 2.24) is 5.43 Å². The van der Waals surface area contributed by atoms with E-state index in [0.29, 0.717) is 10.3 Å². The van der Waals surface area contributed by atoms with Crippen LogP contribution in [0.25, 0.3) is 0 Å². The van der Waals surface area contributed by atoms with Crippen LogP contribution in [0.5, 0.6) is 0 Å². The van der Waals surface area contributed by atoms with Gasteiger partial charge in [-0.15, -0.1) is 11.3 Å². The lowest BCUT2D eigenvalue weighted by atomic mass is 9.80. The highest BCUT2D eigenvalue weighted by Gasteiger charge is 2.43. The fourth-order valence-electron chi connectivity index (χ4n) is 3.26. The summed E-state index contributed by atoms with van der Waals surface area (Å²) in [5, 5.41) is 0. The summed E-state index contributed by atoms with van der Waals surface area (Å²) in [6, 6.07) is 1.99. The van der Waals surface area contributed by atoms with Crippen molar-refractivity contribution in [3.8, 4) is 0 Å². The highest BCUT2D eigenvalue weighted by atomic mass is 35.5. The average Bonchev–Trinajstić information content (AvgIpc) is 2.99. The molecule has 0 aliphatic carbocycles. The number of hydrogen-bond donors (Lipinski definition) is 2. The summed E-state index contributed by atoms with van der Waals surface area (Å²) in [6.07, 6.45) is 3.19. The van der Waals surface area contributed by atoms with E-state index in [0.717, 1.165) is 41.5 Å². The number of hydrazine groups is 1. The molecule has 2 saturated heterocycles. The van der Waals surface area contributed by atoms with Crippen LogP contribution in [0, 0.1) is 5.92 Å². The minimum absolute atomic E-state index is 0.0506. The van der Waals surface area contributed by atoms with Crippen LogP contribution in [0.2, 0.25) is 8.67 Å². The summed E-state index contributed by atoms with van der Waals surface area (Å²) < 4.78 is 7.52. The molecule has 0 bridgehead atoms. The summed E-state index contributed by atoms with van der Waals surface area (Å²) in [5.41, 5.74) is 4.03. The van der Waals surface area contributed by atoms with Crippen molar-refractivity contribution in [2.75, 3.05) is 18.1 Å². The van der Waals surface area contributed by atoms with Crippen molar-refractivity contribution >= 4 is 46.3 Å². The number of halogens is 2. The van der Waals surface area contributed by atoms with Crippen molar-refractivity contribution < 1.29 is 4.74 Å². The molecule has 2 fully saturated rings. The molecule has 20 heavy (non-hydrogen) atoms. The molecule has 1 aromatic heterocycles. The first-order valence-corrected chi connectivity index (χ1v) is 9.49. The van der Waals surface area contributed by atoms with Crippen molar-refractivity contribution in [2.24, 2.45) is 11.8 Å². The molecule has 3 atom stereocenters. The summed E-state index contributed by atoms with van der Waals surface area (Å²) in [4.78, 5) is 0. The van der Waals surface area contributed by atoms with Gasteiger partial charge in [-0.25, -0.2) is 0 Å². The standard InChI is InChI=1S/C13H18Cl2N2OS2/c14-10-5-9(12(15)20-10)11(17-16)8-1-3-18-13(6-8)2-4-19-7-13/h5,8,11,17H,1-4,6-7,16H2. The van der Waals surface area contributed by atoms with Gasteiger partial charge in [0.25, 0.3) is 0 Å². The number of nitrogens with two attached hydrogens (primary N) is 1. The Bertz CT molecular complexity index is 477. The Labute approximate surface area is 137 Å². The summed E-state index contributed by atoms with van der Waals surface area (Å²) >= 11 is 15.7. The van der Waals surface area contributed by atoms with Crippen LogP contribution >= 0.6 is 46.3 Å². The molecule has 0 aromatic carbocycles. The lowest BCUT2D eigenvalue weighted by Crippen LogP contribution is -2.45. The maximum atomic E-state index is 6.29. The molecule has 3 heterocycles. The molecule has 0 radical (unpaired) electrons. The first-order chi connectivity index (χ1) is 9.63. The zero-order valence-electron chi connectivity index (χ0n) is 11.0. The molecule has 7 heteroatoms. The third-order valence-corrected chi connectivity index (χ3v) is 7.01. The zero-order chi connectivity index (χ0) is 14.2. The van der Waals surface area contributed by atoms with E-state index in [2.05, 4.69) is 5.43 Å². The van der Waals surface area contributed by atoms with Gasteiger partial charge in [-0.1, -0.05) is 23.2 Å². The maximum absolute atomic E-state index is 6.29. The number of ether oxygens (including phenoxy) is 1. The quantitative estimate of drug-likeness (QED) is 0.640. The van der Waals surface area contributed by atoms with Crippen molar-refractivity contribution in [1.29, 1.82) is 0 Å². The number of thioether (sulfide) groups is 1. The maximum Gasteiger partial charge on any atom is 0.0992 e. The fraction of sp³-hybridized carbons (Fsp3) is 0.692. The Kier molecular flexibility index (Phi) is 4.87. The number of thiophene rings is 1. The normalized spacial score (nSPS) is 31.9. The van der Waals surface area contributed by atoms with Gasteiger partial charge in [0.2, 0.25) is 0 Å². The Morgan fingerprint density at radius 1 is 1.50 bits per heavy atom. The SMILES string of the molecule is NNC(c1cc(Cl)sc1Cl)C1CCOC2(CCSC2)C1. The van der Waals surface area contributed by atoms with Crippen molar-refractivity contribution in [3.63, 3.8) is 0 Å². The van der Waals surface area contributed by atoms with Crippen LogP contribution in [0.15, 0.2) is 6.07 Å². The minimum Gasteiger partial charge on any atom is -0.374 e. The number of nitrogens with one attached hydrogen (secondary N) is 1. The van der Waals surface area contributed by atoms with Crippen LogP contribution in [0.1, 0.15) is 30.9 Å². The predicted octanol–water partition coefficient (Wildman–Crippen LogP) is 3.86. The van der Waals surface area contributed by atoms with Gasteiger partial charge < -0.3 is 4.74 Å². The van der Waals surface area contributed by atoms with Gasteiger partial charge in [-0.3, -0.25) is 11.3 Å². The van der Waals surface area contributed by atoms with Gasteiger partial charge in [0.1, 0.15) is 0 Å². The smallest absolute Gasteiger partial charge is 0.0992 e. The Morgan fingerprint density at radius 2 is 2.35 bits per heavy atom. The third-order valence-electron chi connectivity index (χ3n) is 4.27. The van der Waals surface area contributed by atoms with E-state index in [9.17, 15) is 0 Å². The summed E-state index contributed by atoms with van der Waals surface area (Å²) in [6.45, 7) is 0.804. The minimum atomic E-state index is 0.0506. The summed E-state index contributed by atoms with van der Waals surface area (Å²) in [5.74, 6) is 8.54. The van der Waals surface area contributed by atoms with E-state index in [-0.39, 0.29) is 11.6 Å². The van der Waals surface area contributed by atoms with E-state index in [4.69, 9.17) is 33.8 Å². The van der Waals surface area contributed by atoms with E-state index >= 15 is 0 Å². The van der Waals surface area contributed by atoms with E-state index in [1.54, 1.807) is 0 Å². The summed E-state index contributed by atoms with van der Waals surface area (Å²) in [7, 11) is 0. The zero-order valence-corrected chi connectivity index (χ0v) is 14.2. The molecule has 3 unspecified atom stereocenters. The molecule has 1 spiro atoms. The Hall–Kier alpha value is 0.510. The largest absolute Gasteiger partial charge is 0.374 e. The van der Waals surface area contributed by atoms with Gasteiger partial charge in [0, 0.05) is 17.9 Å². The Morgan fingerprint density at radius 3 is 2.95 bits per heavy atom. The molecule has 2 aliphatic heterocycles. The predicted molar refractivity (Wildman–Crippen MR) is 87.8 cm³/mol. The highest BCUT2D eigenvalue weighted by Crippen LogP contribution is 2.46. The van der Waals surface area contributed by atoms with E-state index in [1.165, 1.54) is 17.1 Å². The van der Waals surface area contributed by atoms with Crippen molar-refractivity contribution in [3.05, 3.63) is 20.3 Å². The van der Waals surface area contributed by atoms with Crippen LogP contribution in [0.4, 0.5) is 0 Å². The molecular formula is C13H18Cl2N2OS2. The lowest BCUT2D eigenvalue weighted by molar-refractivity contribution is -0.0854. The molecule has 3 rings (SSSR count). The first kappa shape index (κ1) is 15.4. The first-order valence-electron chi connectivity index (χ1n) is 6.76. The Balaban J connectivity index is 1.80. The molecule has 1 aromatic rings. The topological polar surface area (TPSA) is 47.3 Å². The number of hydrogen-bond acceptors (Lipinski definition) is 5. The van der Waals surface area contributed by atoms with Crippen LogP contribution in [-0.4, -0.2) is 23.7 Å². The van der Waals surface area contributed by atoms with Crippen LogP contribution in [0.3, 0.4) is 0 Å². The second-order valence-electron chi connectivity index (χ2n) is 5.51. The monoisotopic (exact) mass is 352 g/mol. The van der Waals surface area contributed by atoms with Gasteiger partial charge in [-0.2, -0.15) is 11.8 Å². The lowest BCUT2D eigenvalue weighted by Gasteiger charge is -2.40. The number of rotatable bonds is 3. The molecule has 0 amide bonds. The van der Waals surface area contributed by atoms with Crippen LogP contribution in [-0.2, 0) is 4.74 Å². The van der Waals surface area contributed by atoms with Gasteiger partial charge in [-0.05, 0) is 37.0 Å². The van der Waals surface area contributed by atoms with Gasteiger partial charge in [0.05, 0.1) is 20.3 Å². The molecule has 0 saturated carbocycles. The van der Waals surface area contributed by atoms with E-state index in [1.807, 2.05) is 17.8 Å². The van der Waals surface area contributed by atoms with Crippen LogP contribution < -0.4 is 11.3 Å². The average molecular weight is 353 g/mol. The van der Waals surface area contributed by atoms with Gasteiger partial charge in [0.15, 0.2) is 0 Å². The second kappa shape index (κ2) is 6.32. The molecule has 112 valence electrons. The highest BCUT2D eigenvalue weighted by molar-refractivity contribution is 7.99. The fourth-order valence-corrected chi connectivity index (χ4v) is 6.19. The molecule has 3 N–H and O–H groups in total. The van der Waals surface area contributed by atoms with Gasteiger partial charge >= 0.3 is 0 Å². The molecule has 2 aliphatic rings. The van der Waals surface area contributed by atoms with E-state index < -0.39 is 0 Å². The third kappa shape index (κ3) is 3.00.